The normalized spacial score (nSPS) is 9.93. The molecule has 1 aromatic heterocycles. The fourth-order valence-corrected chi connectivity index (χ4v) is 1.31. The Morgan fingerprint density at radius 2 is 1.93 bits per heavy atom. The summed E-state index contributed by atoms with van der Waals surface area (Å²) < 4.78 is 6.26. The number of benzene rings is 1. The molecule has 1 aromatic carbocycles. The number of ether oxygens (including phenoxy) is 1. The van der Waals surface area contributed by atoms with Crippen LogP contribution < -0.4 is 4.74 Å². The van der Waals surface area contributed by atoms with Gasteiger partial charge >= 0.3 is 0 Å². The molecule has 76 valence electrons. The maximum Gasteiger partial charge on any atom is 0.219 e. The van der Waals surface area contributed by atoms with Crippen molar-refractivity contribution < 1.29 is 9.84 Å². The molecule has 0 aliphatic carbocycles. The summed E-state index contributed by atoms with van der Waals surface area (Å²) in [4.78, 5) is 4.03. The Balaban J connectivity index is 2.22. The number of nitrogens with zero attached hydrogens (tertiary/aromatic N) is 1. The van der Waals surface area contributed by atoms with Crippen LogP contribution >= 0.6 is 15.9 Å². The van der Waals surface area contributed by atoms with Crippen LogP contribution in [0, 0.1) is 0 Å². The second-order valence-corrected chi connectivity index (χ2v) is 3.80. The Hall–Kier alpha value is -1.55. The number of hydrogen-bond donors (Lipinski definition) is 1. The standard InChI is InChI=1S/C11H8BrNO2/c12-8-5-6-11(13-7-8)15-10-4-2-1-3-9(10)14/h1-7,14H. The SMILES string of the molecule is Oc1ccccc1Oc1ccc(Br)cn1. The Kier molecular flexibility index (Phi) is 2.87. The van der Waals surface area contributed by atoms with Crippen LogP contribution in [0.1, 0.15) is 0 Å². The summed E-state index contributed by atoms with van der Waals surface area (Å²) in [5, 5.41) is 9.46. The summed E-state index contributed by atoms with van der Waals surface area (Å²) in [6.07, 6.45) is 1.63. The van der Waals surface area contributed by atoms with Gasteiger partial charge in [0, 0.05) is 16.7 Å². The summed E-state index contributed by atoms with van der Waals surface area (Å²) >= 11 is 3.28. The Morgan fingerprint density at radius 3 is 2.60 bits per heavy atom. The third-order valence-electron chi connectivity index (χ3n) is 1.78. The summed E-state index contributed by atoms with van der Waals surface area (Å²) in [6.45, 7) is 0. The van der Waals surface area contributed by atoms with E-state index >= 15 is 0 Å². The maximum absolute atomic E-state index is 9.46. The molecule has 2 rings (SSSR count). The molecule has 0 bridgehead atoms. The summed E-state index contributed by atoms with van der Waals surface area (Å²) in [6, 6.07) is 10.3. The van der Waals surface area contributed by atoms with Crippen LogP contribution in [0.25, 0.3) is 0 Å². The number of phenols is 1. The van der Waals surface area contributed by atoms with E-state index < -0.39 is 0 Å². The lowest BCUT2D eigenvalue weighted by molar-refractivity contribution is 0.402. The Morgan fingerprint density at radius 1 is 1.13 bits per heavy atom. The molecule has 1 heterocycles. The average molecular weight is 266 g/mol. The van der Waals surface area contributed by atoms with E-state index in [0.717, 1.165) is 4.47 Å². The molecule has 0 radical (unpaired) electrons. The van der Waals surface area contributed by atoms with Crippen LogP contribution in [0.15, 0.2) is 47.1 Å². The smallest absolute Gasteiger partial charge is 0.219 e. The highest BCUT2D eigenvalue weighted by molar-refractivity contribution is 9.10. The third kappa shape index (κ3) is 2.47. The van der Waals surface area contributed by atoms with Crippen molar-refractivity contribution in [1.29, 1.82) is 0 Å². The van der Waals surface area contributed by atoms with E-state index in [0.29, 0.717) is 11.6 Å². The van der Waals surface area contributed by atoms with Gasteiger partial charge in [-0.15, -0.1) is 0 Å². The fourth-order valence-electron chi connectivity index (χ4n) is 1.08. The van der Waals surface area contributed by atoms with Gasteiger partial charge in [0.15, 0.2) is 11.5 Å². The second kappa shape index (κ2) is 4.31. The minimum atomic E-state index is 0.0993. The summed E-state index contributed by atoms with van der Waals surface area (Å²) in [5.74, 6) is 0.939. The molecular formula is C11H8BrNO2. The molecule has 0 amide bonds. The first-order chi connectivity index (χ1) is 7.25. The molecule has 1 N–H and O–H groups in total. The maximum atomic E-state index is 9.46. The monoisotopic (exact) mass is 265 g/mol. The number of phenolic OH excluding ortho intramolecular Hbond substituents is 1. The van der Waals surface area contributed by atoms with Gasteiger partial charge in [0.25, 0.3) is 0 Å². The van der Waals surface area contributed by atoms with Crippen LogP contribution in [0.4, 0.5) is 0 Å². The largest absolute Gasteiger partial charge is 0.504 e. The molecule has 0 fully saturated rings. The van der Waals surface area contributed by atoms with Crippen LogP contribution in [0.2, 0.25) is 0 Å². The molecule has 0 spiro atoms. The average Bonchev–Trinajstić information content (AvgIpc) is 2.25. The lowest BCUT2D eigenvalue weighted by Gasteiger charge is -2.05. The molecule has 0 saturated carbocycles. The van der Waals surface area contributed by atoms with Crippen LogP contribution in [-0.2, 0) is 0 Å². The van der Waals surface area contributed by atoms with Crippen molar-refractivity contribution in [1.82, 2.24) is 4.98 Å². The van der Waals surface area contributed by atoms with E-state index in [1.54, 1.807) is 36.5 Å². The van der Waals surface area contributed by atoms with Crippen molar-refractivity contribution in [3.8, 4) is 17.4 Å². The van der Waals surface area contributed by atoms with Crippen molar-refractivity contribution in [2.75, 3.05) is 0 Å². The van der Waals surface area contributed by atoms with Crippen LogP contribution in [-0.4, -0.2) is 10.1 Å². The molecule has 0 saturated heterocycles. The van der Waals surface area contributed by atoms with E-state index in [-0.39, 0.29) is 5.75 Å². The van der Waals surface area contributed by atoms with Crippen molar-refractivity contribution >= 4 is 15.9 Å². The minimum Gasteiger partial charge on any atom is -0.504 e. The number of para-hydroxylation sites is 2. The number of pyridine rings is 1. The Bertz CT molecular complexity index is 456. The van der Waals surface area contributed by atoms with E-state index in [1.165, 1.54) is 0 Å². The number of aromatic nitrogens is 1. The van der Waals surface area contributed by atoms with Gasteiger partial charge in [-0.2, -0.15) is 0 Å². The summed E-state index contributed by atoms with van der Waals surface area (Å²) in [7, 11) is 0. The zero-order valence-electron chi connectivity index (χ0n) is 7.72. The number of aromatic hydroxyl groups is 1. The fraction of sp³-hybridized carbons (Fsp3) is 0. The highest BCUT2D eigenvalue weighted by Crippen LogP contribution is 2.28. The molecule has 0 aliphatic heterocycles. The van der Waals surface area contributed by atoms with Crippen molar-refractivity contribution in [2.24, 2.45) is 0 Å². The van der Waals surface area contributed by atoms with Gasteiger partial charge in [0.2, 0.25) is 5.88 Å². The van der Waals surface area contributed by atoms with E-state index in [4.69, 9.17) is 4.74 Å². The van der Waals surface area contributed by atoms with Crippen LogP contribution in [0.5, 0.6) is 17.4 Å². The molecular weight excluding hydrogens is 258 g/mol. The van der Waals surface area contributed by atoms with Gasteiger partial charge in [0.1, 0.15) is 0 Å². The van der Waals surface area contributed by atoms with Crippen LogP contribution in [0.3, 0.4) is 0 Å². The zero-order chi connectivity index (χ0) is 10.7. The number of rotatable bonds is 2. The molecule has 4 heteroatoms. The Labute approximate surface area is 95.5 Å². The van der Waals surface area contributed by atoms with Crippen molar-refractivity contribution in [2.45, 2.75) is 0 Å². The van der Waals surface area contributed by atoms with E-state index in [2.05, 4.69) is 20.9 Å². The number of hydrogen-bond acceptors (Lipinski definition) is 3. The lowest BCUT2D eigenvalue weighted by atomic mass is 10.3. The third-order valence-corrected chi connectivity index (χ3v) is 2.25. The molecule has 0 unspecified atom stereocenters. The zero-order valence-corrected chi connectivity index (χ0v) is 9.31. The predicted molar refractivity (Wildman–Crippen MR) is 60.1 cm³/mol. The molecule has 0 aliphatic rings. The molecule has 15 heavy (non-hydrogen) atoms. The van der Waals surface area contributed by atoms with Gasteiger partial charge in [-0.25, -0.2) is 4.98 Å². The van der Waals surface area contributed by atoms with Gasteiger partial charge in [-0.3, -0.25) is 0 Å². The molecule has 3 nitrogen and oxygen atoms in total. The first-order valence-electron chi connectivity index (χ1n) is 4.33. The minimum absolute atomic E-state index is 0.0993. The molecule has 0 atom stereocenters. The van der Waals surface area contributed by atoms with Gasteiger partial charge < -0.3 is 9.84 Å². The highest BCUT2D eigenvalue weighted by atomic mass is 79.9. The van der Waals surface area contributed by atoms with E-state index in [1.807, 2.05) is 6.07 Å². The van der Waals surface area contributed by atoms with Crippen molar-refractivity contribution in [3.63, 3.8) is 0 Å². The number of halogens is 1. The lowest BCUT2D eigenvalue weighted by Crippen LogP contribution is -1.87. The quantitative estimate of drug-likeness (QED) is 0.906. The topological polar surface area (TPSA) is 42.4 Å². The molecule has 2 aromatic rings. The highest BCUT2D eigenvalue weighted by Gasteiger charge is 2.02. The van der Waals surface area contributed by atoms with Gasteiger partial charge in [-0.05, 0) is 34.1 Å². The predicted octanol–water partition coefficient (Wildman–Crippen LogP) is 3.34. The second-order valence-electron chi connectivity index (χ2n) is 2.88. The van der Waals surface area contributed by atoms with E-state index in [9.17, 15) is 5.11 Å². The first kappa shape index (κ1) is 9.98. The van der Waals surface area contributed by atoms with Gasteiger partial charge in [-0.1, -0.05) is 12.1 Å². The van der Waals surface area contributed by atoms with Crippen molar-refractivity contribution in [3.05, 3.63) is 47.1 Å². The van der Waals surface area contributed by atoms with Gasteiger partial charge in [0.05, 0.1) is 0 Å². The summed E-state index contributed by atoms with van der Waals surface area (Å²) in [5.41, 5.74) is 0. The first-order valence-corrected chi connectivity index (χ1v) is 5.12.